The average molecular weight is 352 g/mol. The minimum absolute atomic E-state index is 0.00447. The Hall–Kier alpha value is -2.17. The summed E-state index contributed by atoms with van der Waals surface area (Å²) in [6.45, 7) is 6.01. The first-order valence-electron chi connectivity index (χ1n) is 9.27. The van der Waals surface area contributed by atoms with Crippen molar-refractivity contribution >= 4 is 5.91 Å². The van der Waals surface area contributed by atoms with E-state index in [0.29, 0.717) is 6.04 Å². The predicted octanol–water partition coefficient (Wildman–Crippen LogP) is 3.04. The van der Waals surface area contributed by atoms with Crippen LogP contribution in [0.15, 0.2) is 60.7 Å². The third-order valence-electron chi connectivity index (χ3n) is 5.18. The Morgan fingerprint density at radius 2 is 1.54 bits per heavy atom. The molecule has 3 rings (SSSR count). The van der Waals surface area contributed by atoms with Crippen LogP contribution in [0.2, 0.25) is 0 Å². The average Bonchev–Trinajstić information content (AvgIpc) is 3.07. The van der Waals surface area contributed by atoms with E-state index in [-0.39, 0.29) is 24.0 Å². The van der Waals surface area contributed by atoms with Gasteiger partial charge in [-0.2, -0.15) is 0 Å². The van der Waals surface area contributed by atoms with Gasteiger partial charge in [0, 0.05) is 26.2 Å². The van der Waals surface area contributed by atoms with Crippen LogP contribution < -0.4 is 5.32 Å². The van der Waals surface area contributed by atoms with Gasteiger partial charge in [-0.1, -0.05) is 60.7 Å². The molecule has 26 heavy (non-hydrogen) atoms. The molecule has 1 aliphatic heterocycles. The molecule has 0 unspecified atom stereocenters. The molecule has 0 bridgehead atoms. The molecule has 0 aromatic heterocycles. The topological polar surface area (TPSA) is 41.6 Å². The van der Waals surface area contributed by atoms with Crippen molar-refractivity contribution in [2.45, 2.75) is 38.0 Å². The smallest absolute Gasteiger partial charge is 0.232 e. The van der Waals surface area contributed by atoms with E-state index in [1.807, 2.05) is 60.7 Å². The number of benzene rings is 2. The molecule has 138 valence electrons. The van der Waals surface area contributed by atoms with E-state index in [1.54, 1.807) is 7.11 Å². The summed E-state index contributed by atoms with van der Waals surface area (Å²) in [5.74, 6) is -0.289. The quantitative estimate of drug-likeness (QED) is 0.869. The van der Waals surface area contributed by atoms with Crippen LogP contribution in [-0.2, 0) is 9.53 Å². The van der Waals surface area contributed by atoms with Crippen molar-refractivity contribution < 1.29 is 9.53 Å². The minimum atomic E-state index is -0.317. The Balaban J connectivity index is 1.82. The summed E-state index contributed by atoms with van der Waals surface area (Å²) in [6, 6.07) is 20.4. The van der Waals surface area contributed by atoms with Crippen molar-refractivity contribution in [3.05, 3.63) is 71.8 Å². The molecule has 1 saturated heterocycles. The number of nitrogens with zero attached hydrogens (tertiary/aromatic N) is 1. The van der Waals surface area contributed by atoms with Crippen molar-refractivity contribution in [2.24, 2.45) is 0 Å². The van der Waals surface area contributed by atoms with E-state index in [2.05, 4.69) is 24.1 Å². The lowest BCUT2D eigenvalue weighted by Crippen LogP contribution is -2.45. The Bertz CT molecular complexity index is 663. The maximum absolute atomic E-state index is 13.3. The first-order valence-corrected chi connectivity index (χ1v) is 9.27. The molecule has 1 N–H and O–H groups in total. The third-order valence-corrected chi connectivity index (χ3v) is 5.18. The van der Waals surface area contributed by atoms with Crippen molar-refractivity contribution in [3.63, 3.8) is 0 Å². The molecule has 4 nitrogen and oxygen atoms in total. The second-order valence-electron chi connectivity index (χ2n) is 7.19. The molecule has 2 atom stereocenters. The van der Waals surface area contributed by atoms with Gasteiger partial charge in [0.1, 0.15) is 0 Å². The number of likely N-dealkylation sites (tertiary alicyclic amines) is 1. The molecule has 0 aliphatic carbocycles. The van der Waals surface area contributed by atoms with E-state index >= 15 is 0 Å². The summed E-state index contributed by atoms with van der Waals surface area (Å²) in [7, 11) is 1.72. The molecular weight excluding hydrogens is 324 g/mol. The molecule has 4 heteroatoms. The zero-order chi connectivity index (χ0) is 18.5. The summed E-state index contributed by atoms with van der Waals surface area (Å²) in [6.07, 6.45) is 0.0218. The summed E-state index contributed by atoms with van der Waals surface area (Å²) < 4.78 is 5.64. The van der Waals surface area contributed by atoms with Gasteiger partial charge >= 0.3 is 0 Å². The fraction of sp³-hybridized carbons (Fsp3) is 0.409. The monoisotopic (exact) mass is 352 g/mol. The largest absolute Gasteiger partial charge is 0.378 e. The highest BCUT2D eigenvalue weighted by atomic mass is 16.5. The predicted molar refractivity (Wildman–Crippen MR) is 104 cm³/mol. The number of methoxy groups -OCH3 is 1. The number of carbonyl (C=O) groups excluding carboxylic acids is 1. The van der Waals surface area contributed by atoms with Gasteiger partial charge in [-0.3, -0.25) is 9.69 Å². The Labute approximate surface area is 156 Å². The lowest BCUT2D eigenvalue weighted by Gasteiger charge is -2.24. The van der Waals surface area contributed by atoms with Crippen molar-refractivity contribution in [1.29, 1.82) is 0 Å². The number of hydrogen-bond donors (Lipinski definition) is 1. The number of amides is 1. The van der Waals surface area contributed by atoms with Gasteiger partial charge in [0.15, 0.2) is 0 Å². The van der Waals surface area contributed by atoms with Crippen molar-refractivity contribution in [2.75, 3.05) is 20.2 Å². The summed E-state index contributed by atoms with van der Waals surface area (Å²) >= 11 is 0. The molecule has 2 aromatic carbocycles. The SMILES string of the molecule is CO[C@H]1CN(C(C)C)C[C@@H]1NC(=O)C(c1ccccc1)c1ccccc1. The number of rotatable bonds is 6. The molecule has 2 aromatic rings. The number of hydrogen-bond acceptors (Lipinski definition) is 3. The van der Waals surface area contributed by atoms with E-state index in [1.165, 1.54) is 0 Å². The number of carbonyl (C=O) groups is 1. The zero-order valence-electron chi connectivity index (χ0n) is 15.8. The molecular formula is C22H28N2O2. The van der Waals surface area contributed by atoms with Crippen LogP contribution in [0, 0.1) is 0 Å². The fourth-order valence-electron chi connectivity index (χ4n) is 3.65. The maximum atomic E-state index is 13.3. The van der Waals surface area contributed by atoms with Gasteiger partial charge in [-0.25, -0.2) is 0 Å². The minimum Gasteiger partial charge on any atom is -0.378 e. The Morgan fingerprint density at radius 3 is 2.00 bits per heavy atom. The summed E-state index contributed by atoms with van der Waals surface area (Å²) in [5.41, 5.74) is 2.01. The molecule has 0 spiro atoms. The first kappa shape index (κ1) is 18.6. The molecule has 1 amide bonds. The standard InChI is InChI=1S/C22H28N2O2/c1-16(2)24-14-19(20(15-24)26-3)23-22(25)21(17-10-6-4-7-11-17)18-12-8-5-9-13-18/h4-13,16,19-21H,14-15H2,1-3H3,(H,23,25)/t19-,20-/m0/s1. The van der Waals surface area contributed by atoms with Crippen LogP contribution in [-0.4, -0.2) is 49.2 Å². The van der Waals surface area contributed by atoms with Crippen molar-refractivity contribution in [1.82, 2.24) is 10.2 Å². The van der Waals surface area contributed by atoms with Crippen LogP contribution in [0.4, 0.5) is 0 Å². The van der Waals surface area contributed by atoms with Gasteiger partial charge in [0.05, 0.1) is 18.1 Å². The molecule has 0 radical (unpaired) electrons. The van der Waals surface area contributed by atoms with Crippen LogP contribution in [0.1, 0.15) is 30.9 Å². The Kier molecular flexibility index (Phi) is 6.07. The van der Waals surface area contributed by atoms with E-state index in [9.17, 15) is 4.79 Å². The van der Waals surface area contributed by atoms with Gasteiger partial charge in [-0.05, 0) is 25.0 Å². The highest BCUT2D eigenvalue weighted by Gasteiger charge is 2.36. The molecule has 1 heterocycles. The molecule has 0 saturated carbocycles. The second-order valence-corrected chi connectivity index (χ2v) is 7.19. The fourth-order valence-corrected chi connectivity index (χ4v) is 3.65. The Morgan fingerprint density at radius 1 is 1.00 bits per heavy atom. The first-order chi connectivity index (χ1) is 12.6. The van der Waals surface area contributed by atoms with E-state index in [0.717, 1.165) is 24.2 Å². The highest BCUT2D eigenvalue weighted by molar-refractivity contribution is 5.87. The lowest BCUT2D eigenvalue weighted by molar-refractivity contribution is -0.123. The number of nitrogens with one attached hydrogen (secondary N) is 1. The highest BCUT2D eigenvalue weighted by Crippen LogP contribution is 2.26. The third kappa shape index (κ3) is 4.14. The second kappa shape index (κ2) is 8.47. The summed E-state index contributed by atoms with van der Waals surface area (Å²) in [5, 5.41) is 3.26. The maximum Gasteiger partial charge on any atom is 0.232 e. The van der Waals surface area contributed by atoms with Crippen LogP contribution in [0.5, 0.6) is 0 Å². The summed E-state index contributed by atoms with van der Waals surface area (Å²) in [4.78, 5) is 15.6. The van der Waals surface area contributed by atoms with Gasteiger partial charge in [0.2, 0.25) is 5.91 Å². The van der Waals surface area contributed by atoms with E-state index < -0.39 is 0 Å². The molecule has 1 fully saturated rings. The molecule has 1 aliphatic rings. The zero-order valence-corrected chi connectivity index (χ0v) is 15.8. The van der Waals surface area contributed by atoms with E-state index in [4.69, 9.17) is 4.74 Å². The van der Waals surface area contributed by atoms with Crippen molar-refractivity contribution in [3.8, 4) is 0 Å². The van der Waals surface area contributed by atoms with Crippen LogP contribution >= 0.6 is 0 Å². The van der Waals surface area contributed by atoms with Gasteiger partial charge < -0.3 is 10.1 Å². The lowest BCUT2D eigenvalue weighted by atomic mass is 9.90. The number of ether oxygens (including phenoxy) is 1. The normalized spacial score (nSPS) is 20.7. The van der Waals surface area contributed by atoms with Crippen LogP contribution in [0.3, 0.4) is 0 Å². The van der Waals surface area contributed by atoms with Gasteiger partial charge in [-0.15, -0.1) is 0 Å². The van der Waals surface area contributed by atoms with Gasteiger partial charge in [0.25, 0.3) is 0 Å². The van der Waals surface area contributed by atoms with Crippen LogP contribution in [0.25, 0.3) is 0 Å².